The van der Waals surface area contributed by atoms with E-state index in [4.69, 9.17) is 9.72 Å². The summed E-state index contributed by atoms with van der Waals surface area (Å²) in [5, 5.41) is 0. The van der Waals surface area contributed by atoms with Gasteiger partial charge in [0.05, 0.1) is 31.2 Å². The van der Waals surface area contributed by atoms with Gasteiger partial charge in [-0.3, -0.25) is 4.79 Å². The molecule has 0 spiro atoms. The first-order valence-corrected chi connectivity index (χ1v) is 10.2. The quantitative estimate of drug-likeness (QED) is 0.613. The summed E-state index contributed by atoms with van der Waals surface area (Å²) in [4.78, 5) is 28.2. The van der Waals surface area contributed by atoms with Gasteiger partial charge in [0.25, 0.3) is 0 Å². The van der Waals surface area contributed by atoms with Crippen LogP contribution in [0, 0.1) is 0 Å². The lowest BCUT2D eigenvalue weighted by atomic mass is 10.2. The first-order valence-electron chi connectivity index (χ1n) is 10.2. The van der Waals surface area contributed by atoms with Crippen molar-refractivity contribution in [2.45, 2.75) is 51.7 Å². The first kappa shape index (κ1) is 19.6. The molecule has 0 unspecified atom stereocenters. The summed E-state index contributed by atoms with van der Waals surface area (Å²) < 4.78 is 9.63. The molecule has 0 fully saturated rings. The van der Waals surface area contributed by atoms with Gasteiger partial charge in [0.15, 0.2) is 5.65 Å². The summed E-state index contributed by atoms with van der Waals surface area (Å²) in [6.07, 6.45) is 8.48. The van der Waals surface area contributed by atoms with E-state index in [-0.39, 0.29) is 11.9 Å². The fourth-order valence-electron chi connectivity index (χ4n) is 4.09. The molecule has 3 aromatic heterocycles. The third-order valence-corrected chi connectivity index (χ3v) is 5.49. The van der Waals surface area contributed by atoms with Gasteiger partial charge in [0, 0.05) is 45.4 Å². The third-order valence-electron chi connectivity index (χ3n) is 5.49. The van der Waals surface area contributed by atoms with Crippen molar-refractivity contribution in [1.82, 2.24) is 29.0 Å². The maximum atomic E-state index is 12.8. The minimum Gasteiger partial charge on any atom is -0.383 e. The molecule has 8 nitrogen and oxygen atoms in total. The Kier molecular flexibility index (Phi) is 5.89. The van der Waals surface area contributed by atoms with Crippen molar-refractivity contribution in [3.05, 3.63) is 42.4 Å². The normalized spacial score (nSPS) is 15.3. The van der Waals surface area contributed by atoms with Gasteiger partial charge in [-0.2, -0.15) is 0 Å². The molecule has 0 aromatic carbocycles. The Bertz CT molecular complexity index is 979. The standard InChI is InChI=1S/C21H28N6O2/c1-16(14-29-2)27-19(24-18-6-4-9-23-21(18)27)7-3-8-20(28)25-10-5-11-26-15-22-12-17(26)13-25/h4,6,9,12,15-16H,3,5,7-8,10-11,13-14H2,1-2H3/t16-/m1/s1. The fraction of sp³-hybridized carbons (Fsp3) is 0.524. The van der Waals surface area contributed by atoms with Crippen LogP contribution < -0.4 is 0 Å². The second-order valence-electron chi connectivity index (χ2n) is 7.65. The van der Waals surface area contributed by atoms with Crippen molar-refractivity contribution in [2.75, 3.05) is 20.3 Å². The van der Waals surface area contributed by atoms with Gasteiger partial charge in [0.2, 0.25) is 5.91 Å². The predicted octanol–water partition coefficient (Wildman–Crippen LogP) is 2.59. The maximum absolute atomic E-state index is 12.8. The van der Waals surface area contributed by atoms with Gasteiger partial charge in [-0.15, -0.1) is 0 Å². The van der Waals surface area contributed by atoms with Crippen LogP contribution >= 0.6 is 0 Å². The van der Waals surface area contributed by atoms with Crippen molar-refractivity contribution in [1.29, 1.82) is 0 Å². The maximum Gasteiger partial charge on any atom is 0.222 e. The largest absolute Gasteiger partial charge is 0.383 e. The Balaban J connectivity index is 1.42. The topological polar surface area (TPSA) is 78.1 Å². The zero-order valence-electron chi connectivity index (χ0n) is 17.1. The molecule has 3 aromatic rings. The number of hydrogen-bond acceptors (Lipinski definition) is 5. The summed E-state index contributed by atoms with van der Waals surface area (Å²) in [6, 6.07) is 4.02. The molecular formula is C21H28N6O2. The number of rotatable bonds is 7. The van der Waals surface area contributed by atoms with Crippen LogP contribution in [0.25, 0.3) is 11.2 Å². The molecule has 1 atom stereocenters. The van der Waals surface area contributed by atoms with E-state index in [0.29, 0.717) is 19.6 Å². The molecule has 8 heteroatoms. The minimum atomic E-state index is 0.136. The number of imidazole rings is 2. The van der Waals surface area contributed by atoms with E-state index in [1.54, 1.807) is 13.3 Å². The Hall–Kier alpha value is -2.74. The van der Waals surface area contributed by atoms with Crippen LogP contribution in [0.1, 0.15) is 43.7 Å². The molecule has 0 radical (unpaired) electrons. The lowest BCUT2D eigenvalue weighted by Crippen LogP contribution is -2.30. The fourth-order valence-corrected chi connectivity index (χ4v) is 4.09. The molecule has 29 heavy (non-hydrogen) atoms. The number of amides is 1. The molecule has 1 aliphatic rings. The average molecular weight is 396 g/mol. The Labute approximate surface area is 170 Å². The van der Waals surface area contributed by atoms with E-state index in [2.05, 4.69) is 26.0 Å². The van der Waals surface area contributed by atoms with E-state index < -0.39 is 0 Å². The lowest BCUT2D eigenvalue weighted by molar-refractivity contribution is -0.131. The van der Waals surface area contributed by atoms with E-state index in [9.17, 15) is 4.79 Å². The molecule has 1 amide bonds. The van der Waals surface area contributed by atoms with Crippen LogP contribution in [0.5, 0.6) is 0 Å². The number of hydrogen-bond donors (Lipinski definition) is 0. The van der Waals surface area contributed by atoms with Gasteiger partial charge in [-0.25, -0.2) is 15.0 Å². The number of carbonyl (C=O) groups is 1. The van der Waals surface area contributed by atoms with Crippen molar-refractivity contribution in [3.63, 3.8) is 0 Å². The molecule has 154 valence electrons. The summed E-state index contributed by atoms with van der Waals surface area (Å²) in [5.74, 6) is 1.16. The van der Waals surface area contributed by atoms with Crippen molar-refractivity contribution in [2.24, 2.45) is 0 Å². The molecule has 0 saturated carbocycles. The Morgan fingerprint density at radius 2 is 2.24 bits per heavy atom. The molecule has 0 aliphatic carbocycles. The van der Waals surface area contributed by atoms with Gasteiger partial charge in [-0.1, -0.05) is 0 Å². The molecule has 4 rings (SSSR count). The molecule has 1 aliphatic heterocycles. The highest BCUT2D eigenvalue weighted by Crippen LogP contribution is 2.21. The predicted molar refractivity (Wildman–Crippen MR) is 109 cm³/mol. The van der Waals surface area contributed by atoms with Crippen molar-refractivity contribution in [3.8, 4) is 0 Å². The number of pyridine rings is 1. The number of nitrogens with zero attached hydrogens (tertiary/aromatic N) is 6. The summed E-state index contributed by atoms with van der Waals surface area (Å²) >= 11 is 0. The van der Waals surface area contributed by atoms with Gasteiger partial charge < -0.3 is 18.8 Å². The highest BCUT2D eigenvalue weighted by Gasteiger charge is 2.20. The van der Waals surface area contributed by atoms with Crippen LogP contribution in [-0.4, -0.2) is 55.2 Å². The van der Waals surface area contributed by atoms with Crippen LogP contribution in [0.15, 0.2) is 30.9 Å². The van der Waals surface area contributed by atoms with Gasteiger partial charge in [-0.05, 0) is 31.9 Å². The summed E-state index contributed by atoms with van der Waals surface area (Å²) in [6.45, 7) is 5.07. The lowest BCUT2D eigenvalue weighted by Gasteiger charge is -2.20. The average Bonchev–Trinajstić information content (AvgIpc) is 3.25. The highest BCUT2D eigenvalue weighted by atomic mass is 16.5. The van der Waals surface area contributed by atoms with Gasteiger partial charge >= 0.3 is 0 Å². The zero-order chi connectivity index (χ0) is 20.2. The number of fused-ring (bicyclic) bond motifs is 2. The zero-order valence-corrected chi connectivity index (χ0v) is 17.1. The first-order chi connectivity index (χ1) is 14.2. The van der Waals surface area contributed by atoms with Crippen molar-refractivity contribution >= 4 is 17.1 Å². The van der Waals surface area contributed by atoms with E-state index in [1.807, 2.05) is 29.6 Å². The second kappa shape index (κ2) is 8.73. The van der Waals surface area contributed by atoms with E-state index in [1.165, 1.54) is 0 Å². The van der Waals surface area contributed by atoms with Gasteiger partial charge in [0.1, 0.15) is 11.3 Å². The molecule has 0 bridgehead atoms. The number of ether oxygens (including phenoxy) is 1. The number of carbonyl (C=O) groups excluding carboxylic acids is 1. The molecule has 0 saturated heterocycles. The van der Waals surface area contributed by atoms with E-state index in [0.717, 1.165) is 55.0 Å². The molecule has 0 N–H and O–H groups in total. The van der Waals surface area contributed by atoms with Crippen LogP contribution in [0.4, 0.5) is 0 Å². The van der Waals surface area contributed by atoms with Crippen LogP contribution in [0.3, 0.4) is 0 Å². The monoisotopic (exact) mass is 396 g/mol. The molecule has 4 heterocycles. The number of aryl methyl sites for hydroxylation is 2. The van der Waals surface area contributed by atoms with Crippen LogP contribution in [0.2, 0.25) is 0 Å². The SMILES string of the molecule is COC[C@@H](C)n1c(CCCC(=O)N2CCCn3cncc3C2)nc2cccnc21. The summed E-state index contributed by atoms with van der Waals surface area (Å²) in [5.41, 5.74) is 2.87. The Morgan fingerprint density at radius 1 is 1.34 bits per heavy atom. The molecular weight excluding hydrogens is 368 g/mol. The highest BCUT2D eigenvalue weighted by molar-refractivity contribution is 5.76. The second-order valence-corrected chi connectivity index (χ2v) is 7.65. The third kappa shape index (κ3) is 4.17. The van der Waals surface area contributed by atoms with Crippen molar-refractivity contribution < 1.29 is 9.53 Å². The number of aromatic nitrogens is 5. The minimum absolute atomic E-state index is 0.136. The van der Waals surface area contributed by atoms with E-state index >= 15 is 0 Å². The number of methoxy groups -OCH3 is 1. The Morgan fingerprint density at radius 3 is 3.10 bits per heavy atom. The van der Waals surface area contributed by atoms with Crippen LogP contribution in [-0.2, 0) is 29.0 Å². The summed E-state index contributed by atoms with van der Waals surface area (Å²) in [7, 11) is 1.70. The smallest absolute Gasteiger partial charge is 0.222 e.